The highest BCUT2D eigenvalue weighted by Gasteiger charge is 2.35. The van der Waals surface area contributed by atoms with Crippen molar-refractivity contribution >= 4 is 41.0 Å². The van der Waals surface area contributed by atoms with Crippen molar-refractivity contribution in [3.05, 3.63) is 18.2 Å². The Labute approximate surface area is 149 Å². The SMILES string of the molecule is CN1C(=O)CSc2cc(N3C[C@H](CNC(=O)C4CC4)OC3=O)ccc21. The van der Waals surface area contributed by atoms with E-state index in [4.69, 9.17) is 4.74 Å². The average Bonchev–Trinajstić information content (AvgIpc) is 3.39. The maximum Gasteiger partial charge on any atom is 0.414 e. The fourth-order valence-electron chi connectivity index (χ4n) is 2.98. The fourth-order valence-corrected chi connectivity index (χ4v) is 4.01. The average molecular weight is 361 g/mol. The number of thioether (sulfide) groups is 1. The largest absolute Gasteiger partial charge is 0.442 e. The molecule has 7 nitrogen and oxygen atoms in total. The molecule has 1 aromatic rings. The molecule has 2 heterocycles. The zero-order valence-corrected chi connectivity index (χ0v) is 14.7. The molecule has 1 saturated carbocycles. The number of amides is 3. The molecule has 1 saturated heterocycles. The van der Waals surface area contributed by atoms with Gasteiger partial charge in [0.1, 0.15) is 6.10 Å². The molecule has 25 heavy (non-hydrogen) atoms. The molecule has 1 atom stereocenters. The number of benzene rings is 1. The van der Waals surface area contributed by atoms with E-state index in [1.54, 1.807) is 16.8 Å². The predicted octanol–water partition coefficient (Wildman–Crippen LogP) is 1.61. The number of anilines is 2. The molecule has 0 spiro atoms. The van der Waals surface area contributed by atoms with Crippen LogP contribution in [0, 0.1) is 5.92 Å². The Morgan fingerprint density at radius 3 is 2.92 bits per heavy atom. The van der Waals surface area contributed by atoms with Gasteiger partial charge < -0.3 is 15.0 Å². The third kappa shape index (κ3) is 3.18. The van der Waals surface area contributed by atoms with Crippen LogP contribution in [0.5, 0.6) is 0 Å². The van der Waals surface area contributed by atoms with Crippen LogP contribution in [0.4, 0.5) is 16.2 Å². The molecule has 1 aromatic carbocycles. The number of rotatable bonds is 4. The molecule has 8 heteroatoms. The van der Waals surface area contributed by atoms with E-state index in [-0.39, 0.29) is 23.8 Å². The van der Waals surface area contributed by atoms with Gasteiger partial charge in [-0.2, -0.15) is 0 Å². The van der Waals surface area contributed by atoms with Gasteiger partial charge in [-0.3, -0.25) is 14.5 Å². The van der Waals surface area contributed by atoms with Gasteiger partial charge in [-0.05, 0) is 31.0 Å². The molecular weight excluding hydrogens is 342 g/mol. The first-order valence-corrected chi connectivity index (χ1v) is 9.31. The van der Waals surface area contributed by atoms with Gasteiger partial charge in [0.15, 0.2) is 0 Å². The molecule has 3 amide bonds. The van der Waals surface area contributed by atoms with Crippen molar-refractivity contribution in [3.63, 3.8) is 0 Å². The van der Waals surface area contributed by atoms with Crippen molar-refractivity contribution in [2.24, 2.45) is 5.92 Å². The smallest absolute Gasteiger partial charge is 0.414 e. The lowest BCUT2D eigenvalue weighted by Crippen LogP contribution is -2.35. The number of nitrogens with one attached hydrogen (secondary N) is 1. The number of hydrogen-bond donors (Lipinski definition) is 1. The molecule has 0 radical (unpaired) electrons. The molecule has 1 aliphatic carbocycles. The van der Waals surface area contributed by atoms with Gasteiger partial charge in [0.05, 0.1) is 24.5 Å². The van der Waals surface area contributed by atoms with Crippen molar-refractivity contribution in [2.75, 3.05) is 35.7 Å². The third-order valence-electron chi connectivity index (χ3n) is 4.67. The summed E-state index contributed by atoms with van der Waals surface area (Å²) < 4.78 is 5.36. The highest BCUT2D eigenvalue weighted by molar-refractivity contribution is 8.00. The summed E-state index contributed by atoms with van der Waals surface area (Å²) >= 11 is 1.47. The molecule has 2 aliphatic heterocycles. The van der Waals surface area contributed by atoms with Gasteiger partial charge in [0.25, 0.3) is 0 Å². The summed E-state index contributed by atoms with van der Waals surface area (Å²) in [4.78, 5) is 39.8. The van der Waals surface area contributed by atoms with Crippen molar-refractivity contribution in [2.45, 2.75) is 23.8 Å². The zero-order valence-electron chi connectivity index (χ0n) is 13.9. The number of cyclic esters (lactones) is 1. The molecule has 0 bridgehead atoms. The molecule has 0 aromatic heterocycles. The second-order valence-corrected chi connectivity index (χ2v) is 7.55. The Kier molecular flexibility index (Phi) is 4.07. The van der Waals surface area contributed by atoms with Gasteiger partial charge >= 0.3 is 6.09 Å². The Hall–Kier alpha value is -2.22. The maximum atomic E-state index is 12.2. The van der Waals surface area contributed by atoms with Crippen LogP contribution in [0.15, 0.2) is 23.1 Å². The Morgan fingerprint density at radius 2 is 2.16 bits per heavy atom. The van der Waals surface area contributed by atoms with E-state index in [0.717, 1.165) is 29.1 Å². The Morgan fingerprint density at radius 1 is 1.36 bits per heavy atom. The molecule has 0 unspecified atom stereocenters. The number of hydrogen-bond acceptors (Lipinski definition) is 5. The van der Waals surface area contributed by atoms with E-state index >= 15 is 0 Å². The lowest BCUT2D eigenvalue weighted by atomic mass is 10.2. The van der Waals surface area contributed by atoms with Gasteiger partial charge in [0, 0.05) is 23.5 Å². The van der Waals surface area contributed by atoms with Crippen LogP contribution in [-0.4, -0.2) is 49.9 Å². The lowest BCUT2D eigenvalue weighted by molar-refractivity contribution is -0.122. The van der Waals surface area contributed by atoms with Gasteiger partial charge in [-0.25, -0.2) is 4.79 Å². The van der Waals surface area contributed by atoms with Crippen LogP contribution in [0.1, 0.15) is 12.8 Å². The van der Waals surface area contributed by atoms with E-state index in [0.29, 0.717) is 18.8 Å². The summed E-state index contributed by atoms with van der Waals surface area (Å²) in [6.45, 7) is 0.747. The summed E-state index contributed by atoms with van der Waals surface area (Å²) in [6.07, 6.45) is 1.15. The number of fused-ring (bicyclic) bond motifs is 1. The van der Waals surface area contributed by atoms with Gasteiger partial charge in [0.2, 0.25) is 11.8 Å². The van der Waals surface area contributed by atoms with Gasteiger partial charge in [-0.1, -0.05) is 0 Å². The number of carbonyl (C=O) groups excluding carboxylic acids is 3. The minimum atomic E-state index is -0.407. The first-order valence-electron chi connectivity index (χ1n) is 8.32. The maximum absolute atomic E-state index is 12.2. The van der Waals surface area contributed by atoms with E-state index in [9.17, 15) is 14.4 Å². The molecule has 2 fully saturated rings. The second-order valence-electron chi connectivity index (χ2n) is 6.53. The van der Waals surface area contributed by atoms with Gasteiger partial charge in [-0.15, -0.1) is 11.8 Å². The molecule has 132 valence electrons. The highest BCUT2D eigenvalue weighted by atomic mass is 32.2. The molecule has 4 rings (SSSR count). The summed E-state index contributed by atoms with van der Waals surface area (Å²) in [5.41, 5.74) is 1.60. The first-order chi connectivity index (χ1) is 12.0. The number of nitrogens with zero attached hydrogens (tertiary/aromatic N) is 2. The number of carbonyl (C=O) groups is 3. The van der Waals surface area contributed by atoms with Crippen LogP contribution in [0.3, 0.4) is 0 Å². The summed E-state index contributed by atoms with van der Waals surface area (Å²) in [5, 5.41) is 2.85. The first kappa shape index (κ1) is 16.3. The molecule has 3 aliphatic rings. The minimum absolute atomic E-state index is 0.0485. The molecule has 1 N–H and O–H groups in total. The van der Waals surface area contributed by atoms with Crippen LogP contribution in [0.2, 0.25) is 0 Å². The Bertz CT molecular complexity index is 749. The highest BCUT2D eigenvalue weighted by Crippen LogP contribution is 2.38. The predicted molar refractivity (Wildman–Crippen MR) is 93.9 cm³/mol. The zero-order chi connectivity index (χ0) is 17.6. The van der Waals surface area contributed by atoms with Crippen LogP contribution in [0.25, 0.3) is 0 Å². The molecular formula is C17H19N3O4S. The standard InChI is InChI=1S/C17H19N3O4S/c1-19-13-5-4-11(6-14(13)25-9-15(19)21)20-8-12(24-17(20)23)7-18-16(22)10-2-3-10/h4-6,10,12H,2-3,7-9H2,1H3,(H,18,22)/t12-/m0/s1. The second kappa shape index (κ2) is 6.25. The fraction of sp³-hybridized carbons (Fsp3) is 0.471. The normalized spacial score (nSPS) is 22.7. The van der Waals surface area contributed by atoms with E-state index < -0.39 is 6.09 Å². The topological polar surface area (TPSA) is 79.0 Å². The van der Waals surface area contributed by atoms with E-state index in [2.05, 4.69) is 5.32 Å². The van der Waals surface area contributed by atoms with Crippen LogP contribution >= 0.6 is 11.8 Å². The summed E-state index contributed by atoms with van der Waals surface area (Å²) in [5.74, 6) is 0.656. The minimum Gasteiger partial charge on any atom is -0.442 e. The number of ether oxygens (including phenoxy) is 1. The lowest BCUT2D eigenvalue weighted by Gasteiger charge is -2.26. The van der Waals surface area contributed by atoms with Crippen molar-refractivity contribution in [3.8, 4) is 0 Å². The van der Waals surface area contributed by atoms with Crippen LogP contribution in [-0.2, 0) is 14.3 Å². The van der Waals surface area contributed by atoms with Crippen LogP contribution < -0.4 is 15.1 Å². The quantitative estimate of drug-likeness (QED) is 0.881. The Balaban J connectivity index is 1.44. The third-order valence-corrected chi connectivity index (χ3v) is 5.70. The van der Waals surface area contributed by atoms with Crippen molar-refractivity contribution in [1.29, 1.82) is 0 Å². The summed E-state index contributed by atoms with van der Waals surface area (Å²) in [6, 6.07) is 5.58. The monoisotopic (exact) mass is 361 g/mol. The van der Waals surface area contributed by atoms with E-state index in [1.807, 2.05) is 18.2 Å². The van der Waals surface area contributed by atoms with Crippen molar-refractivity contribution in [1.82, 2.24) is 5.32 Å². The van der Waals surface area contributed by atoms with Crippen molar-refractivity contribution < 1.29 is 19.1 Å². The summed E-state index contributed by atoms with van der Waals surface area (Å²) in [7, 11) is 1.75. The van der Waals surface area contributed by atoms with E-state index in [1.165, 1.54) is 11.8 Å².